The van der Waals surface area contributed by atoms with Crippen LogP contribution < -0.4 is 5.73 Å². The van der Waals surface area contributed by atoms with Crippen LogP contribution in [0.3, 0.4) is 0 Å². The molecule has 0 aromatic rings. The van der Waals surface area contributed by atoms with E-state index in [1.54, 1.807) is 7.11 Å². The molecule has 2 N–H and O–H groups in total. The van der Waals surface area contributed by atoms with E-state index in [1.807, 2.05) is 0 Å². The summed E-state index contributed by atoms with van der Waals surface area (Å²) >= 11 is 0. The normalized spacial score (nSPS) is 30.7. The van der Waals surface area contributed by atoms with Crippen molar-refractivity contribution in [2.45, 2.75) is 19.3 Å². The third-order valence-electron chi connectivity index (χ3n) is 2.98. The Morgan fingerprint density at radius 3 is 2.85 bits per heavy atom. The molecule has 0 aromatic heterocycles. The van der Waals surface area contributed by atoms with Gasteiger partial charge in [-0.3, -0.25) is 0 Å². The number of rotatable bonds is 4. The Hall–Kier alpha value is -0.120. The topological polar surface area (TPSA) is 38.5 Å². The lowest BCUT2D eigenvalue weighted by atomic mass is 9.78. The third kappa shape index (κ3) is 2.93. The molecule has 0 radical (unpaired) electrons. The zero-order valence-corrected chi connectivity index (χ0v) is 8.88. The number of likely N-dealkylation sites (tertiary alicyclic amines) is 1. The van der Waals surface area contributed by atoms with Crippen molar-refractivity contribution in [1.29, 1.82) is 0 Å². The van der Waals surface area contributed by atoms with E-state index < -0.39 is 0 Å². The molecule has 3 heteroatoms. The Kier molecular flexibility index (Phi) is 4.16. The molecule has 0 aromatic carbocycles. The van der Waals surface area contributed by atoms with Crippen molar-refractivity contribution in [1.82, 2.24) is 4.90 Å². The predicted molar refractivity (Wildman–Crippen MR) is 54.7 cm³/mol. The van der Waals surface area contributed by atoms with Crippen molar-refractivity contribution < 1.29 is 4.74 Å². The molecule has 1 unspecified atom stereocenters. The zero-order valence-electron chi connectivity index (χ0n) is 8.88. The van der Waals surface area contributed by atoms with Crippen LogP contribution in [-0.4, -0.2) is 45.3 Å². The molecule has 13 heavy (non-hydrogen) atoms. The monoisotopic (exact) mass is 186 g/mol. The molecule has 0 bridgehead atoms. The van der Waals surface area contributed by atoms with Gasteiger partial charge in [-0.25, -0.2) is 0 Å². The van der Waals surface area contributed by atoms with Crippen LogP contribution in [0.25, 0.3) is 0 Å². The number of methoxy groups -OCH3 is 1. The maximum absolute atomic E-state index is 5.65. The zero-order chi connectivity index (χ0) is 9.73. The largest absolute Gasteiger partial charge is 0.384 e. The highest BCUT2D eigenvalue weighted by Crippen LogP contribution is 2.32. The van der Waals surface area contributed by atoms with Gasteiger partial charge in [-0.15, -0.1) is 0 Å². The summed E-state index contributed by atoms with van der Waals surface area (Å²) in [6.07, 6.45) is 3.63. The van der Waals surface area contributed by atoms with E-state index in [9.17, 15) is 0 Å². The number of nitrogens with zero attached hydrogens (tertiary/aromatic N) is 1. The molecule has 1 aliphatic heterocycles. The van der Waals surface area contributed by atoms with E-state index in [4.69, 9.17) is 10.5 Å². The molecular formula is C10H22N2O. The van der Waals surface area contributed by atoms with Crippen molar-refractivity contribution >= 4 is 0 Å². The average molecular weight is 186 g/mol. The molecule has 78 valence electrons. The predicted octanol–water partition coefficient (Wildman–Crippen LogP) is 0.694. The van der Waals surface area contributed by atoms with Crippen LogP contribution in [0.4, 0.5) is 0 Å². The van der Waals surface area contributed by atoms with Gasteiger partial charge in [-0.05, 0) is 39.4 Å². The van der Waals surface area contributed by atoms with Gasteiger partial charge in [0.25, 0.3) is 0 Å². The smallest absolute Gasteiger partial charge is 0.0531 e. The Labute approximate surface area is 81.2 Å². The number of hydrogen-bond acceptors (Lipinski definition) is 3. The average Bonchev–Trinajstić information content (AvgIpc) is 2.04. The summed E-state index contributed by atoms with van der Waals surface area (Å²) in [5, 5.41) is 0. The van der Waals surface area contributed by atoms with Gasteiger partial charge in [0.05, 0.1) is 6.61 Å². The second-order valence-corrected chi connectivity index (χ2v) is 4.31. The van der Waals surface area contributed by atoms with Crippen molar-refractivity contribution in [3.05, 3.63) is 0 Å². The van der Waals surface area contributed by atoms with Gasteiger partial charge in [0.15, 0.2) is 0 Å². The van der Waals surface area contributed by atoms with E-state index in [-0.39, 0.29) is 0 Å². The Balaban J connectivity index is 2.53. The molecule has 3 nitrogen and oxygen atoms in total. The second-order valence-electron chi connectivity index (χ2n) is 4.31. The third-order valence-corrected chi connectivity index (χ3v) is 2.98. The molecule has 0 saturated carbocycles. The van der Waals surface area contributed by atoms with Crippen LogP contribution in [0.5, 0.6) is 0 Å². The van der Waals surface area contributed by atoms with Crippen molar-refractivity contribution in [2.75, 3.05) is 40.4 Å². The SMILES string of the molecule is COCC1(CCN)CCCN(C)C1. The molecule has 0 spiro atoms. The summed E-state index contributed by atoms with van der Waals surface area (Å²) in [5.74, 6) is 0. The summed E-state index contributed by atoms with van der Waals surface area (Å²) in [4.78, 5) is 2.39. The van der Waals surface area contributed by atoms with Crippen molar-refractivity contribution in [3.8, 4) is 0 Å². The first-order valence-electron chi connectivity index (χ1n) is 5.10. The maximum atomic E-state index is 5.65. The van der Waals surface area contributed by atoms with Gasteiger partial charge in [-0.1, -0.05) is 0 Å². The minimum absolute atomic E-state index is 0.330. The lowest BCUT2D eigenvalue weighted by Crippen LogP contribution is -2.45. The van der Waals surface area contributed by atoms with Gasteiger partial charge >= 0.3 is 0 Å². The fourth-order valence-electron chi connectivity index (χ4n) is 2.46. The molecule has 1 fully saturated rings. The first kappa shape index (κ1) is 11.0. The van der Waals surface area contributed by atoms with E-state index in [1.165, 1.54) is 19.4 Å². The van der Waals surface area contributed by atoms with Crippen LogP contribution in [-0.2, 0) is 4.74 Å². The molecule has 1 rings (SSSR count). The Morgan fingerprint density at radius 1 is 1.54 bits per heavy atom. The summed E-state index contributed by atoms with van der Waals surface area (Å²) in [5.41, 5.74) is 5.98. The molecule has 0 aliphatic carbocycles. The fraction of sp³-hybridized carbons (Fsp3) is 1.00. The van der Waals surface area contributed by atoms with Gasteiger partial charge in [0.2, 0.25) is 0 Å². The maximum Gasteiger partial charge on any atom is 0.0531 e. The summed E-state index contributed by atoms with van der Waals surface area (Å²) in [7, 11) is 3.97. The number of hydrogen-bond donors (Lipinski definition) is 1. The van der Waals surface area contributed by atoms with Gasteiger partial charge < -0.3 is 15.4 Å². The highest BCUT2D eigenvalue weighted by Gasteiger charge is 2.33. The van der Waals surface area contributed by atoms with Gasteiger partial charge in [-0.2, -0.15) is 0 Å². The van der Waals surface area contributed by atoms with E-state index in [0.717, 1.165) is 26.1 Å². The Bertz CT molecular complexity index is 138. The minimum Gasteiger partial charge on any atom is -0.384 e. The van der Waals surface area contributed by atoms with Crippen molar-refractivity contribution in [2.24, 2.45) is 11.1 Å². The summed E-state index contributed by atoms with van der Waals surface area (Å²) in [6.45, 7) is 3.99. The summed E-state index contributed by atoms with van der Waals surface area (Å²) < 4.78 is 5.30. The molecular weight excluding hydrogens is 164 g/mol. The van der Waals surface area contributed by atoms with E-state index in [2.05, 4.69) is 11.9 Å². The lowest BCUT2D eigenvalue weighted by Gasteiger charge is -2.41. The minimum atomic E-state index is 0.330. The van der Waals surface area contributed by atoms with Crippen LogP contribution in [0.2, 0.25) is 0 Å². The molecule has 1 saturated heterocycles. The molecule has 1 atom stereocenters. The van der Waals surface area contributed by atoms with Gasteiger partial charge in [0.1, 0.15) is 0 Å². The quantitative estimate of drug-likeness (QED) is 0.702. The lowest BCUT2D eigenvalue weighted by molar-refractivity contribution is 0.0161. The van der Waals surface area contributed by atoms with Gasteiger partial charge in [0, 0.05) is 19.1 Å². The molecule has 1 heterocycles. The van der Waals surface area contributed by atoms with Crippen LogP contribution in [0, 0.1) is 5.41 Å². The van der Waals surface area contributed by atoms with Crippen molar-refractivity contribution in [3.63, 3.8) is 0 Å². The summed E-state index contributed by atoms with van der Waals surface area (Å²) in [6, 6.07) is 0. The Morgan fingerprint density at radius 2 is 2.31 bits per heavy atom. The first-order chi connectivity index (χ1) is 6.22. The van der Waals surface area contributed by atoms with Crippen LogP contribution in [0.1, 0.15) is 19.3 Å². The number of nitrogens with two attached hydrogens (primary N) is 1. The highest BCUT2D eigenvalue weighted by atomic mass is 16.5. The van der Waals surface area contributed by atoms with Crippen LogP contribution in [0.15, 0.2) is 0 Å². The molecule has 1 aliphatic rings. The fourth-order valence-corrected chi connectivity index (χ4v) is 2.46. The first-order valence-corrected chi connectivity index (χ1v) is 5.10. The number of ether oxygens (including phenoxy) is 1. The number of piperidine rings is 1. The van der Waals surface area contributed by atoms with Crippen LogP contribution >= 0.6 is 0 Å². The second kappa shape index (κ2) is 4.94. The standard InChI is InChI=1S/C10H22N2O/c1-12-7-3-4-10(8-12,5-6-11)9-13-2/h3-9,11H2,1-2H3. The highest BCUT2D eigenvalue weighted by molar-refractivity contribution is 4.86. The molecule has 0 amide bonds. The van der Waals surface area contributed by atoms with E-state index >= 15 is 0 Å². The van der Waals surface area contributed by atoms with E-state index in [0.29, 0.717) is 5.41 Å².